The topological polar surface area (TPSA) is 24.9 Å². The van der Waals surface area contributed by atoms with Crippen LogP contribution in [0.2, 0.25) is 0 Å². The minimum Gasteiger partial charge on any atom is -0.314 e. The molecule has 108 valence electrons. The van der Waals surface area contributed by atoms with Gasteiger partial charge in [0.1, 0.15) is 0 Å². The maximum Gasteiger partial charge on any atom is 0.0704 e. The first kappa shape index (κ1) is 15.0. The zero-order valence-corrected chi connectivity index (χ0v) is 13.1. The summed E-state index contributed by atoms with van der Waals surface area (Å²) in [6, 6.07) is 11.1. The van der Waals surface area contributed by atoms with Crippen molar-refractivity contribution in [3.63, 3.8) is 0 Å². The van der Waals surface area contributed by atoms with E-state index in [4.69, 9.17) is 0 Å². The Balaban J connectivity index is 2.24. The van der Waals surface area contributed by atoms with E-state index in [-0.39, 0.29) is 0 Å². The van der Waals surface area contributed by atoms with Crippen LogP contribution in [0.4, 0.5) is 0 Å². The second kappa shape index (κ2) is 6.36. The van der Waals surface area contributed by atoms with Gasteiger partial charge in [0.15, 0.2) is 0 Å². The van der Waals surface area contributed by atoms with Gasteiger partial charge in [0.05, 0.1) is 5.52 Å². The summed E-state index contributed by atoms with van der Waals surface area (Å²) < 4.78 is 0. The normalized spacial score (nSPS) is 13.6. The number of rotatable bonds is 5. The summed E-state index contributed by atoms with van der Waals surface area (Å²) in [5.41, 5.74) is 2.83. The second-order valence-corrected chi connectivity index (χ2v) is 6.71. The van der Waals surface area contributed by atoms with E-state index >= 15 is 0 Å². The van der Waals surface area contributed by atoms with E-state index in [1.165, 1.54) is 17.4 Å². The van der Waals surface area contributed by atoms with Crippen LogP contribution in [-0.2, 0) is 6.42 Å². The van der Waals surface area contributed by atoms with E-state index in [1.807, 2.05) is 6.20 Å². The highest BCUT2D eigenvalue weighted by molar-refractivity contribution is 5.81. The number of aromatic nitrogens is 1. The lowest BCUT2D eigenvalue weighted by atomic mass is 9.85. The fourth-order valence-electron chi connectivity index (χ4n) is 2.84. The lowest BCUT2D eigenvalue weighted by Crippen LogP contribution is -2.34. The Morgan fingerprint density at radius 3 is 2.60 bits per heavy atom. The molecule has 0 radical (unpaired) electrons. The van der Waals surface area contributed by atoms with Gasteiger partial charge in [-0.25, -0.2) is 0 Å². The van der Waals surface area contributed by atoms with Crippen molar-refractivity contribution in [1.29, 1.82) is 0 Å². The van der Waals surface area contributed by atoms with Crippen molar-refractivity contribution in [2.24, 2.45) is 5.41 Å². The van der Waals surface area contributed by atoms with Crippen molar-refractivity contribution in [2.75, 3.05) is 6.54 Å². The van der Waals surface area contributed by atoms with E-state index in [1.54, 1.807) is 0 Å². The predicted octanol–water partition coefficient (Wildman–Crippen LogP) is 4.19. The molecule has 1 heterocycles. The molecule has 0 spiro atoms. The highest BCUT2D eigenvalue weighted by Crippen LogP contribution is 2.24. The molecule has 2 aromatic rings. The zero-order chi connectivity index (χ0) is 14.6. The minimum absolute atomic E-state index is 0.343. The quantitative estimate of drug-likeness (QED) is 0.881. The molecule has 0 fully saturated rings. The summed E-state index contributed by atoms with van der Waals surface area (Å²) in [5, 5.41) is 4.92. The molecule has 1 atom stereocenters. The van der Waals surface area contributed by atoms with Crippen LogP contribution in [0.25, 0.3) is 10.9 Å². The molecule has 1 aromatic carbocycles. The first-order chi connectivity index (χ1) is 9.49. The van der Waals surface area contributed by atoms with Crippen LogP contribution < -0.4 is 5.32 Å². The Labute approximate surface area is 122 Å². The van der Waals surface area contributed by atoms with Gasteiger partial charge in [-0.3, -0.25) is 4.98 Å². The molecule has 0 aliphatic carbocycles. The predicted molar refractivity (Wildman–Crippen MR) is 87.0 cm³/mol. The van der Waals surface area contributed by atoms with Crippen LogP contribution in [0.5, 0.6) is 0 Å². The summed E-state index contributed by atoms with van der Waals surface area (Å²) in [6.45, 7) is 10.1. The number of para-hydroxylation sites is 1. The average molecular weight is 270 g/mol. The molecule has 0 aliphatic rings. The van der Waals surface area contributed by atoms with Crippen LogP contribution in [0.3, 0.4) is 0 Å². The Bertz CT molecular complexity index is 549. The number of nitrogens with one attached hydrogen (secondary N) is 1. The third kappa shape index (κ3) is 4.04. The standard InChI is InChI=1S/C18H26N2/c1-5-19-15(13-18(2,3)4)12-14-10-11-20-17-9-7-6-8-16(14)17/h6-11,15,19H,5,12-13H2,1-4H3. The van der Waals surface area contributed by atoms with Gasteiger partial charge in [0.25, 0.3) is 0 Å². The molecule has 2 nitrogen and oxygen atoms in total. The van der Waals surface area contributed by atoms with Crippen molar-refractivity contribution in [2.45, 2.75) is 46.6 Å². The number of benzene rings is 1. The molecule has 1 unspecified atom stereocenters. The average Bonchev–Trinajstić information content (AvgIpc) is 2.37. The van der Waals surface area contributed by atoms with Crippen molar-refractivity contribution in [1.82, 2.24) is 10.3 Å². The van der Waals surface area contributed by atoms with Gasteiger partial charge in [0, 0.05) is 17.6 Å². The number of pyridine rings is 1. The maximum atomic E-state index is 4.45. The van der Waals surface area contributed by atoms with E-state index < -0.39 is 0 Å². The van der Waals surface area contributed by atoms with E-state index in [9.17, 15) is 0 Å². The highest BCUT2D eigenvalue weighted by atomic mass is 14.9. The third-order valence-electron chi connectivity index (χ3n) is 3.56. The number of likely N-dealkylation sites (N-methyl/N-ethyl adjacent to an activating group) is 1. The Kier molecular flexibility index (Phi) is 4.77. The lowest BCUT2D eigenvalue weighted by molar-refractivity contribution is 0.309. The summed E-state index contributed by atoms with van der Waals surface area (Å²) in [5.74, 6) is 0. The van der Waals surface area contributed by atoms with Crippen molar-refractivity contribution < 1.29 is 0 Å². The molecule has 0 saturated carbocycles. The monoisotopic (exact) mass is 270 g/mol. The van der Waals surface area contributed by atoms with Crippen LogP contribution in [0.1, 0.15) is 39.7 Å². The molecule has 0 aliphatic heterocycles. The molecule has 2 rings (SSSR count). The Morgan fingerprint density at radius 2 is 1.90 bits per heavy atom. The number of nitrogens with zero attached hydrogens (tertiary/aromatic N) is 1. The molecule has 0 saturated heterocycles. The van der Waals surface area contributed by atoms with Gasteiger partial charge in [0.2, 0.25) is 0 Å². The molecule has 0 bridgehead atoms. The maximum absolute atomic E-state index is 4.45. The molecular weight excluding hydrogens is 244 g/mol. The summed E-state index contributed by atoms with van der Waals surface area (Å²) in [7, 11) is 0. The lowest BCUT2D eigenvalue weighted by Gasteiger charge is -2.27. The zero-order valence-electron chi connectivity index (χ0n) is 13.1. The molecule has 1 N–H and O–H groups in total. The highest BCUT2D eigenvalue weighted by Gasteiger charge is 2.19. The Morgan fingerprint density at radius 1 is 1.15 bits per heavy atom. The van der Waals surface area contributed by atoms with Crippen LogP contribution >= 0.6 is 0 Å². The van der Waals surface area contributed by atoms with Gasteiger partial charge in [-0.1, -0.05) is 45.9 Å². The molecule has 2 heteroatoms. The van der Waals surface area contributed by atoms with Gasteiger partial charge in [-0.05, 0) is 42.5 Å². The molecular formula is C18H26N2. The fraction of sp³-hybridized carbons (Fsp3) is 0.500. The molecule has 20 heavy (non-hydrogen) atoms. The largest absolute Gasteiger partial charge is 0.314 e. The van der Waals surface area contributed by atoms with Crippen molar-refractivity contribution in [3.05, 3.63) is 42.1 Å². The first-order valence-electron chi connectivity index (χ1n) is 7.55. The Hall–Kier alpha value is -1.41. The minimum atomic E-state index is 0.343. The third-order valence-corrected chi connectivity index (χ3v) is 3.56. The van der Waals surface area contributed by atoms with Crippen molar-refractivity contribution >= 4 is 10.9 Å². The summed E-state index contributed by atoms with van der Waals surface area (Å²) in [4.78, 5) is 4.45. The van der Waals surface area contributed by atoms with E-state index in [0.717, 1.165) is 18.5 Å². The van der Waals surface area contributed by atoms with E-state index in [2.05, 4.69) is 68.3 Å². The number of hydrogen-bond donors (Lipinski definition) is 1. The van der Waals surface area contributed by atoms with Gasteiger partial charge in [-0.2, -0.15) is 0 Å². The molecule has 1 aromatic heterocycles. The van der Waals surface area contributed by atoms with Gasteiger partial charge < -0.3 is 5.32 Å². The smallest absolute Gasteiger partial charge is 0.0704 e. The second-order valence-electron chi connectivity index (χ2n) is 6.71. The number of hydrogen-bond acceptors (Lipinski definition) is 2. The molecule has 0 amide bonds. The fourth-order valence-corrected chi connectivity index (χ4v) is 2.84. The van der Waals surface area contributed by atoms with Crippen LogP contribution in [0.15, 0.2) is 36.5 Å². The first-order valence-corrected chi connectivity index (χ1v) is 7.55. The van der Waals surface area contributed by atoms with Gasteiger partial charge in [-0.15, -0.1) is 0 Å². The summed E-state index contributed by atoms with van der Waals surface area (Å²) in [6.07, 6.45) is 4.17. The van der Waals surface area contributed by atoms with E-state index in [0.29, 0.717) is 11.5 Å². The summed E-state index contributed by atoms with van der Waals surface area (Å²) >= 11 is 0. The SMILES string of the molecule is CCNC(Cc1ccnc2ccccc12)CC(C)(C)C. The number of fused-ring (bicyclic) bond motifs is 1. The van der Waals surface area contributed by atoms with Crippen LogP contribution in [-0.4, -0.2) is 17.6 Å². The van der Waals surface area contributed by atoms with Gasteiger partial charge >= 0.3 is 0 Å². The van der Waals surface area contributed by atoms with Crippen LogP contribution in [0, 0.1) is 5.41 Å². The van der Waals surface area contributed by atoms with Crippen molar-refractivity contribution in [3.8, 4) is 0 Å².